The number of rotatable bonds is 3. The number of nitrogens with zero attached hydrogens (tertiary/aromatic N) is 1. The summed E-state index contributed by atoms with van der Waals surface area (Å²) in [5, 5.41) is 9.79. The van der Waals surface area contributed by atoms with Crippen LogP contribution in [0.5, 0.6) is 5.75 Å². The molecule has 0 atom stereocenters. The Balaban J connectivity index is 2.76. The van der Waals surface area contributed by atoms with Gasteiger partial charge in [-0.2, -0.15) is 0 Å². The van der Waals surface area contributed by atoms with Crippen molar-refractivity contribution in [1.82, 2.24) is 0 Å². The molecular weight excluding hydrogens is 186 g/mol. The Hall–Kier alpha value is -1.15. The molecule has 0 aliphatic rings. The molecule has 0 fully saturated rings. The maximum Gasteiger partial charge on any atom is 0.117 e. The Morgan fingerprint density at radius 1 is 1.62 bits per heavy atom. The first-order chi connectivity index (χ1) is 6.09. The van der Waals surface area contributed by atoms with Crippen LogP contribution in [0.15, 0.2) is 35.9 Å². The molecule has 1 N–H and O–H groups in total. The SMILES string of the molecule is C=C(Cl)CN(C)c1cccc(O)c1. The lowest BCUT2D eigenvalue weighted by Crippen LogP contribution is -2.18. The van der Waals surface area contributed by atoms with Crippen LogP contribution in [0.1, 0.15) is 0 Å². The summed E-state index contributed by atoms with van der Waals surface area (Å²) in [7, 11) is 1.89. The van der Waals surface area contributed by atoms with E-state index >= 15 is 0 Å². The van der Waals surface area contributed by atoms with Crippen LogP contribution in [0.4, 0.5) is 5.69 Å². The quantitative estimate of drug-likeness (QED) is 0.805. The van der Waals surface area contributed by atoms with Crippen LogP contribution in [0.25, 0.3) is 0 Å². The van der Waals surface area contributed by atoms with Gasteiger partial charge in [0.2, 0.25) is 0 Å². The van der Waals surface area contributed by atoms with E-state index in [4.69, 9.17) is 11.6 Å². The fourth-order valence-corrected chi connectivity index (χ4v) is 1.26. The molecule has 0 aliphatic carbocycles. The summed E-state index contributed by atoms with van der Waals surface area (Å²) in [5.41, 5.74) is 0.918. The molecule has 1 rings (SSSR count). The van der Waals surface area contributed by atoms with Crippen molar-refractivity contribution in [2.75, 3.05) is 18.5 Å². The lowest BCUT2D eigenvalue weighted by atomic mass is 10.3. The average molecular weight is 198 g/mol. The van der Waals surface area contributed by atoms with Gasteiger partial charge in [-0.25, -0.2) is 0 Å². The molecule has 1 aromatic carbocycles. The van der Waals surface area contributed by atoms with E-state index in [0.717, 1.165) is 5.69 Å². The molecule has 0 bridgehead atoms. The van der Waals surface area contributed by atoms with E-state index in [0.29, 0.717) is 11.6 Å². The Bertz CT molecular complexity index is 312. The zero-order chi connectivity index (χ0) is 9.84. The van der Waals surface area contributed by atoms with Gasteiger partial charge in [0.15, 0.2) is 0 Å². The number of halogens is 1. The second-order valence-electron chi connectivity index (χ2n) is 2.89. The molecule has 0 spiro atoms. The monoisotopic (exact) mass is 197 g/mol. The van der Waals surface area contributed by atoms with E-state index in [1.54, 1.807) is 18.2 Å². The molecule has 0 amide bonds. The van der Waals surface area contributed by atoms with Crippen LogP contribution in [-0.4, -0.2) is 18.7 Å². The fourth-order valence-electron chi connectivity index (χ4n) is 1.08. The predicted octanol–water partition coefficient (Wildman–Crippen LogP) is 2.58. The average Bonchev–Trinajstić information content (AvgIpc) is 2.03. The molecule has 1 aromatic rings. The second kappa shape index (κ2) is 4.19. The summed E-state index contributed by atoms with van der Waals surface area (Å²) in [4.78, 5) is 1.91. The van der Waals surface area contributed by atoms with Crippen molar-refractivity contribution in [2.45, 2.75) is 0 Å². The van der Waals surface area contributed by atoms with Gasteiger partial charge in [0.05, 0.1) is 6.54 Å². The first-order valence-corrected chi connectivity index (χ1v) is 4.31. The molecule has 0 saturated carbocycles. The predicted molar refractivity (Wildman–Crippen MR) is 56.4 cm³/mol. The van der Waals surface area contributed by atoms with Crippen LogP contribution in [-0.2, 0) is 0 Å². The lowest BCUT2D eigenvalue weighted by Gasteiger charge is -2.18. The van der Waals surface area contributed by atoms with E-state index in [1.807, 2.05) is 18.0 Å². The summed E-state index contributed by atoms with van der Waals surface area (Å²) >= 11 is 5.66. The van der Waals surface area contributed by atoms with Gasteiger partial charge >= 0.3 is 0 Å². The van der Waals surface area contributed by atoms with Gasteiger partial charge in [-0.05, 0) is 12.1 Å². The second-order valence-corrected chi connectivity index (χ2v) is 3.43. The molecule has 3 heteroatoms. The third-order valence-electron chi connectivity index (χ3n) is 1.68. The van der Waals surface area contributed by atoms with Crippen LogP contribution >= 0.6 is 11.6 Å². The first-order valence-electron chi connectivity index (χ1n) is 3.93. The highest BCUT2D eigenvalue weighted by Gasteiger charge is 2.01. The number of anilines is 1. The summed E-state index contributed by atoms with van der Waals surface area (Å²) in [6, 6.07) is 7.00. The Morgan fingerprint density at radius 2 is 2.31 bits per heavy atom. The van der Waals surface area contributed by atoms with Crippen molar-refractivity contribution >= 4 is 17.3 Å². The summed E-state index contributed by atoms with van der Waals surface area (Å²) in [6.07, 6.45) is 0. The number of hydrogen-bond acceptors (Lipinski definition) is 2. The molecule has 70 valence electrons. The molecule has 0 aromatic heterocycles. The molecular formula is C10H12ClNO. The third-order valence-corrected chi connectivity index (χ3v) is 1.80. The molecule has 0 radical (unpaired) electrons. The number of phenols is 1. The van der Waals surface area contributed by atoms with E-state index in [9.17, 15) is 5.11 Å². The summed E-state index contributed by atoms with van der Waals surface area (Å²) < 4.78 is 0. The molecule has 2 nitrogen and oxygen atoms in total. The van der Waals surface area contributed by atoms with Crippen LogP contribution < -0.4 is 4.90 Å². The normalized spacial score (nSPS) is 9.69. The van der Waals surface area contributed by atoms with E-state index in [2.05, 4.69) is 6.58 Å². The minimum Gasteiger partial charge on any atom is -0.508 e. The number of likely N-dealkylation sites (N-methyl/N-ethyl adjacent to an activating group) is 1. The Labute approximate surface area is 83.1 Å². The van der Waals surface area contributed by atoms with Gasteiger partial charge in [-0.15, -0.1) is 0 Å². The van der Waals surface area contributed by atoms with Crippen LogP contribution in [0, 0.1) is 0 Å². The molecule has 13 heavy (non-hydrogen) atoms. The van der Waals surface area contributed by atoms with Crippen molar-refractivity contribution in [1.29, 1.82) is 0 Å². The van der Waals surface area contributed by atoms with Gasteiger partial charge in [-0.1, -0.05) is 24.2 Å². The van der Waals surface area contributed by atoms with Crippen molar-refractivity contribution in [3.8, 4) is 5.75 Å². The molecule has 0 aliphatic heterocycles. The lowest BCUT2D eigenvalue weighted by molar-refractivity contribution is 0.475. The topological polar surface area (TPSA) is 23.5 Å². The molecule has 0 unspecified atom stereocenters. The van der Waals surface area contributed by atoms with Gasteiger partial charge < -0.3 is 10.0 Å². The van der Waals surface area contributed by atoms with Crippen LogP contribution in [0.2, 0.25) is 0 Å². The van der Waals surface area contributed by atoms with Crippen molar-refractivity contribution in [2.24, 2.45) is 0 Å². The summed E-state index contributed by atoms with van der Waals surface area (Å²) in [5.74, 6) is 0.254. The van der Waals surface area contributed by atoms with E-state index < -0.39 is 0 Å². The molecule has 0 heterocycles. The van der Waals surface area contributed by atoms with Gasteiger partial charge in [0, 0.05) is 23.8 Å². The van der Waals surface area contributed by atoms with Gasteiger partial charge in [-0.3, -0.25) is 0 Å². The van der Waals surface area contributed by atoms with E-state index in [1.165, 1.54) is 0 Å². The number of hydrogen-bond donors (Lipinski definition) is 1. The highest BCUT2D eigenvalue weighted by molar-refractivity contribution is 6.29. The zero-order valence-corrected chi connectivity index (χ0v) is 8.25. The Morgan fingerprint density at radius 3 is 2.85 bits per heavy atom. The van der Waals surface area contributed by atoms with E-state index in [-0.39, 0.29) is 5.75 Å². The van der Waals surface area contributed by atoms with Crippen LogP contribution in [0.3, 0.4) is 0 Å². The maximum atomic E-state index is 9.21. The highest BCUT2D eigenvalue weighted by Crippen LogP contribution is 2.19. The number of phenolic OH excluding ortho intramolecular Hbond substituents is 1. The smallest absolute Gasteiger partial charge is 0.117 e. The highest BCUT2D eigenvalue weighted by atomic mass is 35.5. The van der Waals surface area contributed by atoms with Crippen molar-refractivity contribution < 1.29 is 5.11 Å². The van der Waals surface area contributed by atoms with Gasteiger partial charge in [0.1, 0.15) is 5.75 Å². The maximum absolute atomic E-state index is 9.21. The fraction of sp³-hybridized carbons (Fsp3) is 0.200. The van der Waals surface area contributed by atoms with Gasteiger partial charge in [0.25, 0.3) is 0 Å². The Kier molecular flexibility index (Phi) is 3.20. The number of aromatic hydroxyl groups is 1. The van der Waals surface area contributed by atoms with Crippen molar-refractivity contribution in [3.05, 3.63) is 35.9 Å². The number of benzene rings is 1. The minimum atomic E-state index is 0.254. The zero-order valence-electron chi connectivity index (χ0n) is 7.50. The summed E-state index contributed by atoms with van der Waals surface area (Å²) in [6.45, 7) is 4.18. The molecule has 0 saturated heterocycles. The third kappa shape index (κ3) is 2.99. The standard InChI is InChI=1S/C10H12ClNO/c1-8(11)7-12(2)9-4-3-5-10(13)6-9/h3-6,13H,1,7H2,2H3. The largest absolute Gasteiger partial charge is 0.508 e. The first kappa shape index (κ1) is 9.93. The van der Waals surface area contributed by atoms with Crippen molar-refractivity contribution in [3.63, 3.8) is 0 Å². The minimum absolute atomic E-state index is 0.254.